The molecule has 0 amide bonds. The Morgan fingerprint density at radius 3 is 2.35 bits per heavy atom. The molecule has 3 N–H and O–H groups in total. The number of aromatic nitrogens is 1. The van der Waals surface area contributed by atoms with E-state index in [9.17, 15) is 0 Å². The van der Waals surface area contributed by atoms with Gasteiger partial charge >= 0.3 is 11.9 Å². The van der Waals surface area contributed by atoms with Gasteiger partial charge in [0.25, 0.3) is 0 Å². The molecular weight excluding hydrogens is 398 g/mol. The van der Waals surface area contributed by atoms with Crippen molar-refractivity contribution in [3.05, 3.63) is 59.9 Å². The molecule has 1 aliphatic rings. The minimum Gasteiger partial charge on any atom is -0.473 e. The Balaban J connectivity index is 0.000000501. The summed E-state index contributed by atoms with van der Waals surface area (Å²) in [5.74, 6) is -3.65. The molecule has 0 bridgehead atoms. The molecule has 31 heavy (non-hydrogen) atoms. The molecule has 8 heteroatoms. The molecule has 0 saturated carbocycles. The Labute approximate surface area is 183 Å². The first-order valence-electron chi connectivity index (χ1n) is 10.6. The molecule has 1 atom stereocenters. The molecule has 0 radical (unpaired) electrons. The van der Waals surface area contributed by atoms with Gasteiger partial charge in [-0.2, -0.15) is 0 Å². The Kier molecular flexibility index (Phi) is 10.8. The SMILES string of the molecule is CC(CCc1ccccc1)NCc1cccn1CCN1CCOCC1.O=C(O)C(=O)O. The largest absolute Gasteiger partial charge is 0.473 e. The highest BCUT2D eigenvalue weighted by Gasteiger charge is 2.11. The average Bonchev–Trinajstić information content (AvgIpc) is 3.24. The van der Waals surface area contributed by atoms with Crippen LogP contribution in [0.5, 0.6) is 0 Å². The molecule has 8 nitrogen and oxygen atoms in total. The second-order valence-electron chi connectivity index (χ2n) is 7.56. The van der Waals surface area contributed by atoms with Gasteiger partial charge in [-0.15, -0.1) is 0 Å². The molecule has 1 aromatic carbocycles. The molecule has 2 aromatic rings. The first-order chi connectivity index (χ1) is 15.0. The summed E-state index contributed by atoms with van der Waals surface area (Å²) >= 11 is 0. The summed E-state index contributed by atoms with van der Waals surface area (Å²) in [7, 11) is 0. The van der Waals surface area contributed by atoms with Crippen molar-refractivity contribution in [2.24, 2.45) is 0 Å². The van der Waals surface area contributed by atoms with Gasteiger partial charge in [-0.3, -0.25) is 4.90 Å². The lowest BCUT2D eigenvalue weighted by atomic mass is 10.1. The Bertz CT molecular complexity index is 776. The molecule has 1 saturated heterocycles. The normalized spacial score (nSPS) is 15.0. The number of aryl methyl sites for hydroxylation is 1. The van der Waals surface area contributed by atoms with Crippen LogP contribution in [-0.2, 0) is 33.8 Å². The van der Waals surface area contributed by atoms with Crippen LogP contribution in [0.15, 0.2) is 48.7 Å². The third-order valence-corrected chi connectivity index (χ3v) is 5.21. The second-order valence-corrected chi connectivity index (χ2v) is 7.56. The number of nitrogens with one attached hydrogen (secondary N) is 1. The van der Waals surface area contributed by atoms with E-state index < -0.39 is 11.9 Å². The van der Waals surface area contributed by atoms with Crippen molar-refractivity contribution >= 4 is 11.9 Å². The highest BCUT2D eigenvalue weighted by molar-refractivity contribution is 6.27. The quantitative estimate of drug-likeness (QED) is 0.522. The minimum absolute atomic E-state index is 0.516. The number of nitrogens with zero attached hydrogens (tertiary/aromatic N) is 2. The summed E-state index contributed by atoms with van der Waals surface area (Å²) in [6.45, 7) is 9.25. The van der Waals surface area contributed by atoms with Crippen molar-refractivity contribution in [2.75, 3.05) is 32.8 Å². The third-order valence-electron chi connectivity index (χ3n) is 5.21. The zero-order chi connectivity index (χ0) is 22.5. The fourth-order valence-electron chi connectivity index (χ4n) is 3.31. The molecule has 1 fully saturated rings. The van der Waals surface area contributed by atoms with Crippen LogP contribution >= 0.6 is 0 Å². The summed E-state index contributed by atoms with van der Waals surface area (Å²) in [5, 5.41) is 18.5. The predicted molar refractivity (Wildman–Crippen MR) is 118 cm³/mol. The maximum Gasteiger partial charge on any atom is 0.414 e. The predicted octanol–water partition coefficient (Wildman–Crippen LogP) is 2.09. The number of hydrogen-bond donors (Lipinski definition) is 3. The van der Waals surface area contributed by atoms with Gasteiger partial charge in [0.1, 0.15) is 0 Å². The van der Waals surface area contributed by atoms with Crippen LogP contribution in [0.4, 0.5) is 0 Å². The van der Waals surface area contributed by atoms with Gasteiger partial charge in [-0.25, -0.2) is 9.59 Å². The van der Waals surface area contributed by atoms with Gasteiger partial charge < -0.3 is 24.8 Å². The smallest absolute Gasteiger partial charge is 0.414 e. The van der Waals surface area contributed by atoms with E-state index in [1.807, 2.05) is 0 Å². The summed E-state index contributed by atoms with van der Waals surface area (Å²) < 4.78 is 7.80. The van der Waals surface area contributed by atoms with Gasteiger partial charge in [0.2, 0.25) is 0 Å². The summed E-state index contributed by atoms with van der Waals surface area (Å²) in [6, 6.07) is 15.6. The highest BCUT2D eigenvalue weighted by Crippen LogP contribution is 2.08. The molecule has 0 spiro atoms. The maximum atomic E-state index is 9.10. The number of benzene rings is 1. The first kappa shape index (κ1) is 24.6. The van der Waals surface area contributed by atoms with Gasteiger partial charge in [0, 0.05) is 50.7 Å². The third kappa shape index (κ3) is 9.78. The molecule has 1 aliphatic heterocycles. The summed E-state index contributed by atoms with van der Waals surface area (Å²) in [5.41, 5.74) is 2.80. The number of ether oxygens (including phenoxy) is 1. The van der Waals surface area contributed by atoms with Crippen LogP contribution in [0.3, 0.4) is 0 Å². The van der Waals surface area contributed by atoms with E-state index in [1.165, 1.54) is 17.7 Å². The highest BCUT2D eigenvalue weighted by atomic mass is 16.5. The summed E-state index contributed by atoms with van der Waals surface area (Å²) in [6.07, 6.45) is 4.50. The molecule has 1 unspecified atom stereocenters. The monoisotopic (exact) mass is 431 g/mol. The molecule has 2 heterocycles. The van der Waals surface area contributed by atoms with E-state index in [0.717, 1.165) is 52.4 Å². The van der Waals surface area contributed by atoms with E-state index in [0.29, 0.717) is 6.04 Å². The molecule has 1 aromatic heterocycles. The van der Waals surface area contributed by atoms with E-state index >= 15 is 0 Å². The van der Waals surface area contributed by atoms with Crippen LogP contribution in [0, 0.1) is 0 Å². The van der Waals surface area contributed by atoms with Crippen molar-refractivity contribution in [3.63, 3.8) is 0 Å². The lowest BCUT2D eigenvalue weighted by molar-refractivity contribution is -0.159. The van der Waals surface area contributed by atoms with Gasteiger partial charge in [-0.1, -0.05) is 30.3 Å². The van der Waals surface area contributed by atoms with Crippen molar-refractivity contribution in [2.45, 2.75) is 38.9 Å². The van der Waals surface area contributed by atoms with E-state index in [1.54, 1.807) is 0 Å². The Hall–Kier alpha value is -2.68. The zero-order valence-corrected chi connectivity index (χ0v) is 18.1. The number of rotatable bonds is 9. The van der Waals surface area contributed by atoms with E-state index in [2.05, 4.69) is 70.4 Å². The Morgan fingerprint density at radius 2 is 1.71 bits per heavy atom. The lowest BCUT2D eigenvalue weighted by Gasteiger charge is -2.27. The second kappa shape index (κ2) is 13.6. The van der Waals surface area contributed by atoms with Crippen LogP contribution in [-0.4, -0.2) is 70.5 Å². The fourth-order valence-corrected chi connectivity index (χ4v) is 3.31. The van der Waals surface area contributed by atoms with Crippen molar-refractivity contribution < 1.29 is 24.5 Å². The molecule has 0 aliphatic carbocycles. The average molecular weight is 432 g/mol. The van der Waals surface area contributed by atoms with Gasteiger partial charge in [-0.05, 0) is 37.5 Å². The van der Waals surface area contributed by atoms with Crippen LogP contribution in [0.2, 0.25) is 0 Å². The fraction of sp³-hybridized carbons (Fsp3) is 0.478. The van der Waals surface area contributed by atoms with Crippen molar-refractivity contribution in [1.29, 1.82) is 0 Å². The number of morpholine rings is 1. The standard InChI is InChI=1S/C21H31N3O.C2H2O4/c1-19(9-10-20-6-3-2-4-7-20)22-18-21-8-5-11-24(21)13-12-23-14-16-25-17-15-23;3-1(4)2(5)6/h2-8,11,19,22H,9-10,12-18H2,1H3;(H,3,4)(H,5,6). The topological polar surface area (TPSA) is 104 Å². The van der Waals surface area contributed by atoms with Crippen LogP contribution in [0.25, 0.3) is 0 Å². The molecular formula is C23H33N3O5. The number of carbonyl (C=O) groups is 2. The first-order valence-corrected chi connectivity index (χ1v) is 10.6. The van der Waals surface area contributed by atoms with E-state index in [-0.39, 0.29) is 0 Å². The van der Waals surface area contributed by atoms with Crippen molar-refractivity contribution in [3.8, 4) is 0 Å². The van der Waals surface area contributed by atoms with E-state index in [4.69, 9.17) is 24.5 Å². The molecule has 170 valence electrons. The van der Waals surface area contributed by atoms with Crippen molar-refractivity contribution in [1.82, 2.24) is 14.8 Å². The minimum atomic E-state index is -1.82. The lowest BCUT2D eigenvalue weighted by Crippen LogP contribution is -2.38. The summed E-state index contributed by atoms with van der Waals surface area (Å²) in [4.78, 5) is 20.7. The van der Waals surface area contributed by atoms with Gasteiger partial charge in [0.05, 0.1) is 13.2 Å². The van der Waals surface area contributed by atoms with Crippen LogP contribution in [0.1, 0.15) is 24.6 Å². The number of aliphatic carboxylic acids is 2. The van der Waals surface area contributed by atoms with Gasteiger partial charge in [0.15, 0.2) is 0 Å². The maximum absolute atomic E-state index is 9.10. The number of hydrogen-bond acceptors (Lipinski definition) is 5. The number of carboxylic acids is 2. The molecule has 3 rings (SSSR count). The zero-order valence-electron chi connectivity index (χ0n) is 18.1. The Morgan fingerprint density at radius 1 is 1.03 bits per heavy atom. The number of carboxylic acid groups (broad SMARTS) is 2. The van der Waals surface area contributed by atoms with Crippen LogP contribution < -0.4 is 5.32 Å².